The predicted octanol–water partition coefficient (Wildman–Crippen LogP) is 3.45. The Hall–Kier alpha value is -2.06. The van der Waals surface area contributed by atoms with Gasteiger partial charge in [-0.3, -0.25) is 9.59 Å². The summed E-state index contributed by atoms with van der Waals surface area (Å²) < 4.78 is 10.8. The lowest BCUT2D eigenvalue weighted by Gasteiger charge is -2.39. The Morgan fingerprint density at radius 2 is 2.00 bits per heavy atom. The van der Waals surface area contributed by atoms with Gasteiger partial charge in [0.15, 0.2) is 0 Å². The molecule has 9 heteroatoms. The largest absolute Gasteiger partial charge is 0.496 e. The summed E-state index contributed by atoms with van der Waals surface area (Å²) in [6.45, 7) is 3.63. The monoisotopic (exact) mass is 479 g/mol. The van der Waals surface area contributed by atoms with Gasteiger partial charge in [0.2, 0.25) is 0 Å². The van der Waals surface area contributed by atoms with Gasteiger partial charge in [0.1, 0.15) is 5.75 Å². The quantitative estimate of drug-likeness (QED) is 0.686. The van der Waals surface area contributed by atoms with Crippen molar-refractivity contribution in [3.05, 3.63) is 60.5 Å². The van der Waals surface area contributed by atoms with Gasteiger partial charge in [-0.2, -0.15) is 0 Å². The summed E-state index contributed by atoms with van der Waals surface area (Å²) in [5.41, 5.74) is 2.85. The molecule has 1 aromatic heterocycles. The number of aromatic amines is 1. The number of H-pyrrole nitrogens is 1. The molecule has 1 fully saturated rings. The number of hydrogen-bond acceptors (Lipinski definition) is 5. The Morgan fingerprint density at radius 1 is 1.28 bits per heavy atom. The van der Waals surface area contributed by atoms with Crippen LogP contribution in [0.4, 0.5) is 0 Å². The molecule has 172 valence electrons. The molecule has 1 atom stereocenters. The maximum atomic E-state index is 13.6. The lowest BCUT2D eigenvalue weighted by atomic mass is 9.87. The number of pyridine rings is 1. The van der Waals surface area contributed by atoms with Gasteiger partial charge < -0.3 is 24.3 Å². The predicted molar refractivity (Wildman–Crippen MR) is 124 cm³/mol. The highest BCUT2D eigenvalue weighted by Gasteiger charge is 2.37. The Balaban J connectivity index is 1.73. The van der Waals surface area contributed by atoms with Gasteiger partial charge in [0.05, 0.1) is 43.0 Å². The van der Waals surface area contributed by atoms with E-state index in [1.807, 2.05) is 20.2 Å². The Bertz CT molecular complexity index is 1110. The smallest absolute Gasteiger partial charge is 0.256 e. The van der Waals surface area contributed by atoms with Crippen LogP contribution >= 0.6 is 23.2 Å². The van der Waals surface area contributed by atoms with Crippen LogP contribution in [0.2, 0.25) is 10.0 Å². The van der Waals surface area contributed by atoms with Crippen LogP contribution in [-0.4, -0.2) is 61.7 Å². The molecule has 1 unspecified atom stereocenters. The van der Waals surface area contributed by atoms with Gasteiger partial charge in [-0.1, -0.05) is 23.2 Å². The van der Waals surface area contributed by atoms with Crippen LogP contribution in [0.15, 0.2) is 16.9 Å². The highest BCUT2D eigenvalue weighted by molar-refractivity contribution is 6.37. The van der Waals surface area contributed by atoms with Crippen LogP contribution in [0.25, 0.3) is 0 Å². The van der Waals surface area contributed by atoms with Crippen molar-refractivity contribution in [1.82, 2.24) is 14.8 Å². The van der Waals surface area contributed by atoms with E-state index in [4.69, 9.17) is 32.7 Å². The number of fused-ring (bicyclic) bond motifs is 1. The first kappa shape index (κ1) is 23.1. The molecule has 0 aliphatic carbocycles. The first-order chi connectivity index (χ1) is 15.2. The molecule has 0 bridgehead atoms. The van der Waals surface area contributed by atoms with E-state index >= 15 is 0 Å². The molecule has 0 radical (unpaired) electrons. The molecule has 0 saturated carbocycles. The van der Waals surface area contributed by atoms with Crippen molar-refractivity contribution in [2.75, 3.05) is 41.0 Å². The van der Waals surface area contributed by atoms with E-state index in [9.17, 15) is 9.59 Å². The van der Waals surface area contributed by atoms with E-state index in [-0.39, 0.29) is 30.0 Å². The first-order valence-corrected chi connectivity index (χ1v) is 11.3. The fraction of sp³-hybridized carbons (Fsp3) is 0.478. The summed E-state index contributed by atoms with van der Waals surface area (Å²) >= 11 is 13.5. The van der Waals surface area contributed by atoms with Crippen LogP contribution in [0.1, 0.15) is 38.8 Å². The zero-order valence-corrected chi connectivity index (χ0v) is 20.1. The molecule has 1 aromatic carbocycles. The summed E-state index contributed by atoms with van der Waals surface area (Å²) in [5, 5.41) is 0.972. The van der Waals surface area contributed by atoms with Crippen molar-refractivity contribution in [2.45, 2.75) is 25.9 Å². The van der Waals surface area contributed by atoms with Crippen LogP contribution in [0, 0.1) is 12.8 Å². The molecule has 0 spiro atoms. The maximum Gasteiger partial charge on any atom is 0.256 e. The fourth-order valence-corrected chi connectivity index (χ4v) is 5.29. The highest BCUT2D eigenvalue weighted by Crippen LogP contribution is 2.42. The third-order valence-electron chi connectivity index (χ3n) is 6.26. The van der Waals surface area contributed by atoms with Crippen LogP contribution in [-0.2, 0) is 17.7 Å². The van der Waals surface area contributed by atoms with Crippen LogP contribution in [0.3, 0.4) is 0 Å². The number of aryl methyl sites for hydroxylation is 1. The number of halogens is 2. The normalized spacial score (nSPS) is 17.3. The number of benzene rings is 1. The molecule has 2 aliphatic heterocycles. The van der Waals surface area contributed by atoms with E-state index in [2.05, 4.69) is 9.88 Å². The number of hydrogen-bond donors (Lipinski definition) is 1. The Labute approximate surface area is 197 Å². The molecule has 1 saturated heterocycles. The van der Waals surface area contributed by atoms with Crippen molar-refractivity contribution in [1.29, 1.82) is 0 Å². The second-order valence-corrected chi connectivity index (χ2v) is 9.41. The standard InChI is InChI=1S/C23H27Cl2N3O4/c1-12-7-18(31-4)16(22(29)26-12)9-28-6-5-14-17(24)8-15(20(25)19(14)23(28)30)21(27(2)3)13-10-32-11-13/h7-8,13,21H,5-6,9-11H2,1-4H3,(H,26,29). The van der Waals surface area contributed by atoms with Crippen LogP contribution in [0.5, 0.6) is 5.75 Å². The molecular weight excluding hydrogens is 453 g/mol. The number of nitrogens with one attached hydrogen (secondary N) is 1. The summed E-state index contributed by atoms with van der Waals surface area (Å²) in [4.78, 5) is 32.6. The van der Waals surface area contributed by atoms with Gasteiger partial charge in [-0.05, 0) is 50.7 Å². The van der Waals surface area contributed by atoms with Gasteiger partial charge in [0.25, 0.3) is 11.5 Å². The molecule has 2 aromatic rings. The average molecular weight is 480 g/mol. The van der Waals surface area contributed by atoms with E-state index < -0.39 is 0 Å². The SMILES string of the molecule is COc1cc(C)[nH]c(=O)c1CN1CCc2c(Cl)cc(C(C3COC3)N(C)C)c(Cl)c2C1=O. The highest BCUT2D eigenvalue weighted by atomic mass is 35.5. The molecule has 32 heavy (non-hydrogen) atoms. The van der Waals surface area contributed by atoms with E-state index in [1.165, 1.54) is 7.11 Å². The number of aromatic nitrogens is 1. The first-order valence-electron chi connectivity index (χ1n) is 10.5. The van der Waals surface area contributed by atoms with Gasteiger partial charge in [-0.15, -0.1) is 0 Å². The number of amides is 1. The van der Waals surface area contributed by atoms with Gasteiger partial charge in [-0.25, -0.2) is 0 Å². The number of ether oxygens (including phenoxy) is 2. The summed E-state index contributed by atoms with van der Waals surface area (Å²) in [5.74, 6) is 0.506. The van der Waals surface area contributed by atoms with Crippen molar-refractivity contribution in [2.24, 2.45) is 5.92 Å². The minimum atomic E-state index is -0.268. The molecular formula is C23H27Cl2N3O4. The lowest BCUT2D eigenvalue weighted by Crippen LogP contribution is -2.41. The minimum Gasteiger partial charge on any atom is -0.496 e. The number of rotatable bonds is 6. The van der Waals surface area contributed by atoms with Crippen molar-refractivity contribution >= 4 is 29.1 Å². The van der Waals surface area contributed by atoms with E-state index in [0.29, 0.717) is 58.8 Å². The molecule has 1 amide bonds. The second-order valence-electron chi connectivity index (χ2n) is 8.63. The molecule has 4 rings (SSSR count). The fourth-order valence-electron chi connectivity index (χ4n) is 4.62. The average Bonchev–Trinajstić information content (AvgIpc) is 2.70. The minimum absolute atomic E-state index is 0.0118. The number of methoxy groups -OCH3 is 1. The van der Waals surface area contributed by atoms with Crippen molar-refractivity contribution in [3.63, 3.8) is 0 Å². The van der Waals surface area contributed by atoms with Crippen molar-refractivity contribution < 1.29 is 14.3 Å². The lowest BCUT2D eigenvalue weighted by molar-refractivity contribution is -0.0681. The molecule has 2 aliphatic rings. The van der Waals surface area contributed by atoms with Crippen molar-refractivity contribution in [3.8, 4) is 5.75 Å². The van der Waals surface area contributed by atoms with Crippen LogP contribution < -0.4 is 10.3 Å². The third kappa shape index (κ3) is 4.03. The number of carbonyl (C=O) groups is 1. The zero-order chi connectivity index (χ0) is 23.2. The molecule has 1 N–H and O–H groups in total. The molecule has 7 nitrogen and oxygen atoms in total. The van der Waals surface area contributed by atoms with Gasteiger partial charge >= 0.3 is 0 Å². The Morgan fingerprint density at radius 3 is 2.59 bits per heavy atom. The Kier molecular flexibility index (Phi) is 6.54. The summed E-state index contributed by atoms with van der Waals surface area (Å²) in [6.07, 6.45) is 0.561. The summed E-state index contributed by atoms with van der Waals surface area (Å²) in [7, 11) is 5.48. The van der Waals surface area contributed by atoms with E-state index in [1.54, 1.807) is 17.9 Å². The number of carbonyl (C=O) groups excluding carboxylic acids is 1. The topological polar surface area (TPSA) is 74.9 Å². The van der Waals surface area contributed by atoms with E-state index in [0.717, 1.165) is 11.1 Å². The van der Waals surface area contributed by atoms with Gasteiger partial charge in [0, 0.05) is 29.2 Å². The maximum absolute atomic E-state index is 13.6. The third-order valence-corrected chi connectivity index (χ3v) is 7.01. The summed E-state index contributed by atoms with van der Waals surface area (Å²) in [6, 6.07) is 3.63. The number of nitrogens with zero attached hydrogens (tertiary/aromatic N) is 2. The zero-order valence-electron chi connectivity index (χ0n) is 18.6. The second kappa shape index (κ2) is 9.06. The molecule has 3 heterocycles.